The van der Waals surface area contributed by atoms with Crippen LogP contribution in [0.25, 0.3) is 20.8 Å². The zero-order chi connectivity index (χ0) is 23.7. The predicted octanol–water partition coefficient (Wildman–Crippen LogP) is 6.38. The Balaban J connectivity index is 1.53. The molecule has 1 saturated heterocycles. The molecular weight excluding hydrogens is 444 g/mol. The molecule has 1 aliphatic heterocycles. The first-order valence-electron chi connectivity index (χ1n) is 11.9. The summed E-state index contributed by atoms with van der Waals surface area (Å²) in [7, 11) is 0. The number of thiophene rings is 1. The average molecular weight is 477 g/mol. The second-order valence-corrected chi connectivity index (χ2v) is 10.9. The van der Waals surface area contributed by atoms with Gasteiger partial charge in [0, 0.05) is 30.6 Å². The zero-order valence-electron chi connectivity index (χ0n) is 20.3. The lowest BCUT2D eigenvalue weighted by atomic mass is 10.1. The Bertz CT molecular complexity index is 1280. The average Bonchev–Trinajstić information content (AvgIpc) is 3.45. The number of ether oxygens (including phenoxy) is 1. The number of nitrogens with one attached hydrogen (secondary N) is 2. The van der Waals surface area contributed by atoms with Crippen molar-refractivity contribution in [2.24, 2.45) is 0 Å². The van der Waals surface area contributed by atoms with E-state index in [1.54, 1.807) is 11.3 Å². The highest BCUT2D eigenvalue weighted by atomic mass is 32.1. The Kier molecular flexibility index (Phi) is 6.27. The predicted molar refractivity (Wildman–Crippen MR) is 139 cm³/mol. The van der Waals surface area contributed by atoms with Crippen molar-refractivity contribution in [1.82, 2.24) is 19.7 Å². The lowest BCUT2D eigenvalue weighted by molar-refractivity contribution is -0.0383. The molecule has 34 heavy (non-hydrogen) atoms. The first-order chi connectivity index (χ1) is 16.4. The molecule has 1 atom stereocenters. The SMILES string of the molecule is Cc1cccnc1CNc1cc(NC(C)(C)C)nc2cc(-c3ccnn3C3CCCCO3)sc12. The summed E-state index contributed by atoms with van der Waals surface area (Å²) in [5, 5.41) is 11.8. The molecule has 0 bridgehead atoms. The van der Waals surface area contributed by atoms with Gasteiger partial charge in [-0.1, -0.05) is 6.07 Å². The van der Waals surface area contributed by atoms with E-state index in [1.165, 1.54) is 12.0 Å². The van der Waals surface area contributed by atoms with Crippen LogP contribution in [0, 0.1) is 6.92 Å². The molecule has 7 nitrogen and oxygen atoms in total. The highest BCUT2D eigenvalue weighted by Crippen LogP contribution is 2.39. The Morgan fingerprint density at radius 3 is 2.82 bits per heavy atom. The number of hydrogen-bond donors (Lipinski definition) is 2. The summed E-state index contributed by atoms with van der Waals surface area (Å²) in [4.78, 5) is 10.6. The Morgan fingerprint density at radius 1 is 1.18 bits per heavy atom. The topological polar surface area (TPSA) is 76.9 Å². The van der Waals surface area contributed by atoms with Gasteiger partial charge in [0.05, 0.1) is 38.7 Å². The van der Waals surface area contributed by atoms with Crippen molar-refractivity contribution in [3.8, 4) is 10.6 Å². The highest BCUT2D eigenvalue weighted by Gasteiger charge is 2.22. The van der Waals surface area contributed by atoms with Gasteiger partial charge in [-0.15, -0.1) is 11.3 Å². The van der Waals surface area contributed by atoms with Gasteiger partial charge < -0.3 is 15.4 Å². The fourth-order valence-electron chi connectivity index (χ4n) is 4.27. The van der Waals surface area contributed by atoms with Crippen molar-refractivity contribution in [3.05, 3.63) is 54.0 Å². The van der Waals surface area contributed by atoms with Crippen LogP contribution >= 0.6 is 11.3 Å². The normalized spacial score (nSPS) is 16.6. The van der Waals surface area contributed by atoms with Gasteiger partial charge in [0.15, 0.2) is 6.23 Å². The minimum Gasteiger partial charge on any atom is -0.378 e. The summed E-state index contributed by atoms with van der Waals surface area (Å²) >= 11 is 1.74. The number of rotatable bonds is 6. The van der Waals surface area contributed by atoms with E-state index in [2.05, 4.69) is 72.7 Å². The molecular formula is C26H32N6OS. The minimum atomic E-state index is -0.0920. The maximum Gasteiger partial charge on any atom is 0.150 e. The van der Waals surface area contributed by atoms with Gasteiger partial charge in [0.25, 0.3) is 0 Å². The lowest BCUT2D eigenvalue weighted by Crippen LogP contribution is -2.26. The Hall–Kier alpha value is -2.97. The van der Waals surface area contributed by atoms with Crippen LogP contribution in [0.2, 0.25) is 0 Å². The summed E-state index contributed by atoms with van der Waals surface area (Å²) in [5.74, 6) is 0.855. The van der Waals surface area contributed by atoms with E-state index in [0.29, 0.717) is 6.54 Å². The van der Waals surface area contributed by atoms with Crippen molar-refractivity contribution in [2.75, 3.05) is 17.2 Å². The Morgan fingerprint density at radius 2 is 2.06 bits per heavy atom. The largest absolute Gasteiger partial charge is 0.378 e. The van der Waals surface area contributed by atoms with E-state index in [-0.39, 0.29) is 11.8 Å². The Labute approximate surface area is 204 Å². The second kappa shape index (κ2) is 9.35. The van der Waals surface area contributed by atoms with Gasteiger partial charge in [-0.2, -0.15) is 5.10 Å². The molecule has 1 unspecified atom stereocenters. The van der Waals surface area contributed by atoms with Crippen LogP contribution in [-0.2, 0) is 11.3 Å². The molecule has 178 valence electrons. The van der Waals surface area contributed by atoms with E-state index in [9.17, 15) is 0 Å². The summed E-state index contributed by atoms with van der Waals surface area (Å²) in [5.41, 5.74) is 5.22. The number of hydrogen-bond acceptors (Lipinski definition) is 7. The third kappa shape index (κ3) is 4.93. The quantitative estimate of drug-likeness (QED) is 0.336. The third-order valence-corrected chi connectivity index (χ3v) is 7.08. The molecule has 0 amide bonds. The van der Waals surface area contributed by atoms with E-state index in [4.69, 9.17) is 9.72 Å². The molecule has 0 aromatic carbocycles. The van der Waals surface area contributed by atoms with Crippen LogP contribution in [0.3, 0.4) is 0 Å². The van der Waals surface area contributed by atoms with E-state index >= 15 is 0 Å². The first-order valence-corrected chi connectivity index (χ1v) is 12.7. The monoisotopic (exact) mass is 476 g/mol. The van der Waals surface area contributed by atoms with Crippen LogP contribution in [0.1, 0.15) is 57.5 Å². The second-order valence-electron chi connectivity index (χ2n) is 9.86. The van der Waals surface area contributed by atoms with Gasteiger partial charge in [-0.25, -0.2) is 9.67 Å². The van der Waals surface area contributed by atoms with Crippen LogP contribution in [0.5, 0.6) is 0 Å². The fraction of sp³-hybridized carbons (Fsp3) is 0.423. The molecule has 0 radical (unpaired) electrons. The van der Waals surface area contributed by atoms with Crippen molar-refractivity contribution in [3.63, 3.8) is 0 Å². The van der Waals surface area contributed by atoms with E-state index < -0.39 is 0 Å². The van der Waals surface area contributed by atoms with Gasteiger partial charge in [-0.3, -0.25) is 4.98 Å². The zero-order valence-corrected chi connectivity index (χ0v) is 21.1. The summed E-state index contributed by atoms with van der Waals surface area (Å²) in [6, 6.07) is 10.4. The number of fused-ring (bicyclic) bond motifs is 1. The summed E-state index contributed by atoms with van der Waals surface area (Å²) < 4.78 is 9.17. The number of nitrogens with zero attached hydrogens (tertiary/aromatic N) is 4. The molecule has 4 aromatic rings. The van der Waals surface area contributed by atoms with Gasteiger partial charge in [0.2, 0.25) is 0 Å². The van der Waals surface area contributed by atoms with Crippen LogP contribution in [-0.4, -0.2) is 31.9 Å². The number of aromatic nitrogens is 4. The summed E-state index contributed by atoms with van der Waals surface area (Å²) in [6.07, 6.45) is 6.99. The van der Waals surface area contributed by atoms with Gasteiger partial charge in [-0.05, 0) is 70.7 Å². The summed E-state index contributed by atoms with van der Waals surface area (Å²) in [6.45, 7) is 9.97. The maximum absolute atomic E-state index is 6.02. The number of pyridine rings is 2. The first kappa shape index (κ1) is 22.8. The van der Waals surface area contributed by atoms with Crippen LogP contribution in [0.15, 0.2) is 42.7 Å². The van der Waals surface area contributed by atoms with Crippen molar-refractivity contribution >= 4 is 33.1 Å². The van der Waals surface area contributed by atoms with E-state index in [0.717, 1.165) is 57.4 Å². The van der Waals surface area contributed by atoms with Gasteiger partial charge in [0.1, 0.15) is 5.82 Å². The van der Waals surface area contributed by atoms with Crippen molar-refractivity contribution in [1.29, 1.82) is 0 Å². The fourth-order valence-corrected chi connectivity index (χ4v) is 5.37. The number of aryl methyl sites for hydroxylation is 1. The molecule has 4 aromatic heterocycles. The molecule has 1 fully saturated rings. The molecule has 5 rings (SSSR count). The third-order valence-electron chi connectivity index (χ3n) is 5.90. The standard InChI is InChI=1S/C26H32N6OS/c1-17-8-7-11-27-20(17)16-28-18-15-23(31-26(2,3)4)30-19-14-22(34-25(18)19)21-10-12-29-32(21)24-9-5-6-13-33-24/h7-8,10-12,14-15,24H,5-6,9,13,16H2,1-4H3,(H2,28,30,31). The number of anilines is 2. The van der Waals surface area contributed by atoms with Crippen molar-refractivity contribution in [2.45, 2.75) is 65.3 Å². The maximum atomic E-state index is 6.02. The molecule has 2 N–H and O–H groups in total. The molecule has 1 aliphatic rings. The van der Waals surface area contributed by atoms with Crippen LogP contribution in [0.4, 0.5) is 11.5 Å². The van der Waals surface area contributed by atoms with E-state index in [1.807, 2.05) is 23.1 Å². The molecule has 0 aliphatic carbocycles. The smallest absolute Gasteiger partial charge is 0.150 e. The molecule has 0 saturated carbocycles. The van der Waals surface area contributed by atoms with Gasteiger partial charge >= 0.3 is 0 Å². The molecule has 8 heteroatoms. The highest BCUT2D eigenvalue weighted by molar-refractivity contribution is 7.22. The lowest BCUT2D eigenvalue weighted by Gasteiger charge is -2.24. The minimum absolute atomic E-state index is 0.000217. The molecule has 5 heterocycles. The van der Waals surface area contributed by atoms with Crippen molar-refractivity contribution < 1.29 is 4.74 Å². The van der Waals surface area contributed by atoms with Crippen LogP contribution < -0.4 is 10.6 Å². The molecule has 0 spiro atoms.